The number of aliphatic imine (C=N–C) groups is 1. The van der Waals surface area contributed by atoms with E-state index in [0.29, 0.717) is 24.6 Å². The first-order valence-corrected chi connectivity index (χ1v) is 9.15. The number of halogens is 2. The molecule has 0 spiro atoms. The zero-order chi connectivity index (χ0) is 19.9. The molecule has 146 valence electrons. The number of nitrogens with one attached hydrogen (secondary N) is 2. The van der Waals surface area contributed by atoms with Gasteiger partial charge in [-0.3, -0.25) is 0 Å². The lowest BCUT2D eigenvalue weighted by Crippen LogP contribution is -2.39. The van der Waals surface area contributed by atoms with Crippen molar-refractivity contribution in [2.24, 2.45) is 4.99 Å². The highest BCUT2D eigenvalue weighted by Gasteiger charge is 2.13. The molecule has 3 rings (SSSR count). The molecule has 1 atom stereocenters. The summed E-state index contributed by atoms with van der Waals surface area (Å²) in [6, 6.07) is 13.0. The van der Waals surface area contributed by atoms with E-state index in [2.05, 4.69) is 20.7 Å². The van der Waals surface area contributed by atoms with Crippen LogP contribution in [0.5, 0.6) is 0 Å². The van der Waals surface area contributed by atoms with Crippen LogP contribution in [0.2, 0.25) is 0 Å². The number of benzene rings is 2. The first-order chi connectivity index (χ1) is 13.6. The topological polar surface area (TPSA) is 54.2 Å². The lowest BCUT2D eigenvalue weighted by Gasteiger charge is -2.19. The molecule has 28 heavy (non-hydrogen) atoms. The van der Waals surface area contributed by atoms with Crippen LogP contribution in [0.3, 0.4) is 0 Å². The Morgan fingerprint density at radius 3 is 2.75 bits per heavy atom. The van der Waals surface area contributed by atoms with Crippen LogP contribution in [0.1, 0.15) is 31.0 Å². The van der Waals surface area contributed by atoms with Crippen molar-refractivity contribution >= 4 is 5.96 Å². The fraction of sp³-hybridized carbons (Fsp3) is 0.238. The molecule has 7 heteroatoms. The van der Waals surface area contributed by atoms with Crippen LogP contribution in [0.25, 0.3) is 5.69 Å². The van der Waals surface area contributed by atoms with E-state index in [0.717, 1.165) is 17.3 Å². The Bertz CT molecular complexity index is 938. The monoisotopic (exact) mass is 383 g/mol. The van der Waals surface area contributed by atoms with Crippen molar-refractivity contribution in [2.75, 3.05) is 6.54 Å². The van der Waals surface area contributed by atoms with Crippen LogP contribution in [0, 0.1) is 11.6 Å². The van der Waals surface area contributed by atoms with Gasteiger partial charge in [0.15, 0.2) is 5.96 Å². The van der Waals surface area contributed by atoms with Gasteiger partial charge < -0.3 is 10.6 Å². The lowest BCUT2D eigenvalue weighted by molar-refractivity contribution is 0.551. The molecule has 0 aliphatic rings. The summed E-state index contributed by atoms with van der Waals surface area (Å²) in [5, 5.41) is 10.6. The molecule has 0 fully saturated rings. The third-order valence-electron chi connectivity index (χ3n) is 4.23. The average Bonchev–Trinajstić information content (AvgIpc) is 3.21. The molecule has 2 N–H and O–H groups in total. The maximum Gasteiger partial charge on any atom is 0.192 e. The van der Waals surface area contributed by atoms with E-state index in [-0.39, 0.29) is 6.04 Å². The molecule has 1 heterocycles. The third kappa shape index (κ3) is 4.94. The van der Waals surface area contributed by atoms with Gasteiger partial charge in [0, 0.05) is 30.6 Å². The molecule has 1 aromatic heterocycles. The van der Waals surface area contributed by atoms with Crippen molar-refractivity contribution in [1.29, 1.82) is 0 Å². The van der Waals surface area contributed by atoms with Gasteiger partial charge in [0.2, 0.25) is 0 Å². The molecule has 0 saturated heterocycles. The van der Waals surface area contributed by atoms with Crippen molar-refractivity contribution in [2.45, 2.75) is 26.4 Å². The van der Waals surface area contributed by atoms with Crippen molar-refractivity contribution in [3.05, 3.63) is 83.7 Å². The smallest absolute Gasteiger partial charge is 0.192 e. The number of rotatable bonds is 6. The molecule has 0 aliphatic heterocycles. The van der Waals surface area contributed by atoms with Gasteiger partial charge in [-0.05, 0) is 43.7 Å². The summed E-state index contributed by atoms with van der Waals surface area (Å²) in [7, 11) is 0. The van der Waals surface area contributed by atoms with Crippen molar-refractivity contribution in [1.82, 2.24) is 20.4 Å². The first-order valence-electron chi connectivity index (χ1n) is 9.15. The van der Waals surface area contributed by atoms with Crippen LogP contribution < -0.4 is 10.6 Å². The Kier molecular flexibility index (Phi) is 6.37. The second-order valence-corrected chi connectivity index (χ2v) is 6.35. The summed E-state index contributed by atoms with van der Waals surface area (Å²) < 4.78 is 28.9. The summed E-state index contributed by atoms with van der Waals surface area (Å²) in [6.45, 7) is 4.88. The molecule has 1 unspecified atom stereocenters. The van der Waals surface area contributed by atoms with E-state index in [1.165, 1.54) is 12.1 Å². The van der Waals surface area contributed by atoms with Crippen LogP contribution >= 0.6 is 0 Å². The number of aromatic nitrogens is 2. The van der Waals surface area contributed by atoms with Crippen LogP contribution in [-0.4, -0.2) is 22.3 Å². The van der Waals surface area contributed by atoms with Gasteiger partial charge in [-0.15, -0.1) is 0 Å². The lowest BCUT2D eigenvalue weighted by atomic mass is 10.1. The summed E-state index contributed by atoms with van der Waals surface area (Å²) in [6.07, 6.45) is 3.61. The quantitative estimate of drug-likeness (QED) is 0.500. The minimum absolute atomic E-state index is 0.367. The Balaban J connectivity index is 1.73. The molecule has 3 aromatic rings. The molecule has 0 aliphatic carbocycles. The standard InChI is InChI=1S/C21H23F2N5/c1-3-24-21(27-15(2)19-9-8-17(22)13-20(19)23)25-14-16-6-4-7-18(12-16)28-11-5-10-26-28/h4-13,15H,3,14H2,1-2H3,(H2,24,25,27). The number of guanidine groups is 1. The van der Waals surface area contributed by atoms with Gasteiger partial charge in [0.25, 0.3) is 0 Å². The van der Waals surface area contributed by atoms with Gasteiger partial charge in [-0.1, -0.05) is 18.2 Å². The number of nitrogens with zero attached hydrogens (tertiary/aromatic N) is 3. The predicted octanol–water partition coefficient (Wildman–Crippen LogP) is 3.97. The molecule has 0 bridgehead atoms. The predicted molar refractivity (Wildman–Crippen MR) is 106 cm³/mol. The van der Waals surface area contributed by atoms with E-state index < -0.39 is 11.6 Å². The van der Waals surface area contributed by atoms with E-state index in [1.807, 2.05) is 50.4 Å². The van der Waals surface area contributed by atoms with E-state index in [1.54, 1.807) is 10.9 Å². The van der Waals surface area contributed by atoms with Gasteiger partial charge in [0.05, 0.1) is 18.3 Å². The normalized spacial score (nSPS) is 12.6. The zero-order valence-corrected chi connectivity index (χ0v) is 15.9. The van der Waals surface area contributed by atoms with Gasteiger partial charge in [-0.2, -0.15) is 5.10 Å². The van der Waals surface area contributed by atoms with Gasteiger partial charge >= 0.3 is 0 Å². The molecule has 0 radical (unpaired) electrons. The van der Waals surface area contributed by atoms with Crippen molar-refractivity contribution in [3.63, 3.8) is 0 Å². The van der Waals surface area contributed by atoms with Crippen molar-refractivity contribution in [3.8, 4) is 5.69 Å². The molecular formula is C21H23F2N5. The average molecular weight is 383 g/mol. The highest BCUT2D eigenvalue weighted by molar-refractivity contribution is 5.80. The van der Waals surface area contributed by atoms with E-state index in [9.17, 15) is 8.78 Å². The molecule has 2 aromatic carbocycles. The minimum atomic E-state index is -0.592. The van der Waals surface area contributed by atoms with Crippen molar-refractivity contribution < 1.29 is 8.78 Å². The largest absolute Gasteiger partial charge is 0.357 e. The highest BCUT2D eigenvalue weighted by Crippen LogP contribution is 2.17. The second-order valence-electron chi connectivity index (χ2n) is 6.35. The Morgan fingerprint density at radius 2 is 2.04 bits per heavy atom. The zero-order valence-electron chi connectivity index (χ0n) is 15.9. The molecule has 5 nitrogen and oxygen atoms in total. The Morgan fingerprint density at radius 1 is 1.18 bits per heavy atom. The van der Waals surface area contributed by atoms with Crippen LogP contribution in [0.15, 0.2) is 65.9 Å². The highest BCUT2D eigenvalue weighted by atomic mass is 19.1. The minimum Gasteiger partial charge on any atom is -0.357 e. The maximum absolute atomic E-state index is 14.0. The second kappa shape index (κ2) is 9.12. The molecule has 0 amide bonds. The first kappa shape index (κ1) is 19.5. The fourth-order valence-electron chi connectivity index (χ4n) is 2.84. The van der Waals surface area contributed by atoms with E-state index >= 15 is 0 Å². The summed E-state index contributed by atoms with van der Waals surface area (Å²) in [4.78, 5) is 4.59. The molecule has 0 saturated carbocycles. The third-order valence-corrected chi connectivity index (χ3v) is 4.23. The number of hydrogen-bond donors (Lipinski definition) is 2. The van der Waals surface area contributed by atoms with Gasteiger partial charge in [0.1, 0.15) is 11.6 Å². The van der Waals surface area contributed by atoms with Crippen LogP contribution in [-0.2, 0) is 6.54 Å². The Labute approximate surface area is 163 Å². The van der Waals surface area contributed by atoms with Crippen LogP contribution in [0.4, 0.5) is 8.78 Å². The fourth-order valence-corrected chi connectivity index (χ4v) is 2.84. The maximum atomic E-state index is 14.0. The van der Waals surface area contributed by atoms with Gasteiger partial charge in [-0.25, -0.2) is 18.5 Å². The Hall–Kier alpha value is -3.22. The summed E-state index contributed by atoms with van der Waals surface area (Å²) >= 11 is 0. The SMILES string of the molecule is CCNC(=NCc1cccc(-n2cccn2)c1)NC(C)c1ccc(F)cc1F. The molecular weight excluding hydrogens is 360 g/mol. The number of hydrogen-bond acceptors (Lipinski definition) is 2. The summed E-state index contributed by atoms with van der Waals surface area (Å²) in [5.41, 5.74) is 2.36. The van der Waals surface area contributed by atoms with E-state index in [4.69, 9.17) is 0 Å². The summed E-state index contributed by atoms with van der Waals surface area (Å²) in [5.74, 6) is -0.614.